The Morgan fingerprint density at radius 3 is 2.78 bits per heavy atom. The van der Waals surface area contributed by atoms with E-state index < -0.39 is 0 Å². The molecule has 0 heterocycles. The molecule has 18 heavy (non-hydrogen) atoms. The highest BCUT2D eigenvalue weighted by Crippen LogP contribution is 2.11. The van der Waals surface area contributed by atoms with E-state index in [-0.39, 0.29) is 5.60 Å². The normalized spacial score (nSPS) is 12.6. The van der Waals surface area contributed by atoms with Crippen molar-refractivity contribution in [1.29, 1.82) is 0 Å². The fraction of sp³-hybridized carbons (Fsp3) is 0.500. The molecule has 1 rings (SSSR count). The molecule has 0 atom stereocenters. The fourth-order valence-electron chi connectivity index (χ4n) is 1.40. The lowest BCUT2D eigenvalue weighted by molar-refractivity contribution is 0.0312. The summed E-state index contributed by atoms with van der Waals surface area (Å²) in [5.41, 5.74) is 7.78. The molecule has 1 aromatic carbocycles. The van der Waals surface area contributed by atoms with Gasteiger partial charge in [-0.25, -0.2) is 0 Å². The molecule has 0 bridgehead atoms. The molecule has 3 N–H and O–H groups in total. The van der Waals surface area contributed by atoms with Crippen LogP contribution in [0, 0.1) is 0 Å². The summed E-state index contributed by atoms with van der Waals surface area (Å²) in [6, 6.07) is 8.15. The van der Waals surface area contributed by atoms with E-state index in [1.165, 1.54) is 5.56 Å². The van der Waals surface area contributed by atoms with Crippen LogP contribution in [0.4, 0.5) is 5.69 Å². The number of nitrogens with zero attached hydrogens (tertiary/aromatic N) is 1. The first-order valence-electron chi connectivity index (χ1n) is 6.18. The molecule has 4 nitrogen and oxygen atoms in total. The molecule has 0 saturated carbocycles. The lowest BCUT2D eigenvalue weighted by Crippen LogP contribution is -2.30. The van der Waals surface area contributed by atoms with E-state index in [9.17, 15) is 0 Å². The number of nitrogens with two attached hydrogens (primary N) is 1. The molecule has 0 aliphatic rings. The minimum absolute atomic E-state index is 0.294. The molecule has 0 saturated heterocycles. The molecule has 1 aromatic rings. The van der Waals surface area contributed by atoms with Crippen LogP contribution >= 0.6 is 0 Å². The smallest absolute Gasteiger partial charge is 0.193 e. The van der Waals surface area contributed by atoms with Gasteiger partial charge in [0.1, 0.15) is 0 Å². The quantitative estimate of drug-likeness (QED) is 0.622. The molecule has 0 aliphatic heterocycles. The maximum absolute atomic E-state index is 5.84. The average molecular weight is 249 g/mol. The van der Waals surface area contributed by atoms with Crippen LogP contribution in [-0.4, -0.2) is 25.2 Å². The van der Waals surface area contributed by atoms with Gasteiger partial charge in [-0.1, -0.05) is 19.1 Å². The van der Waals surface area contributed by atoms with E-state index in [1.807, 2.05) is 26.0 Å². The number of aliphatic imine (C=N–C) groups is 1. The highest BCUT2D eigenvalue weighted by Gasteiger charge is 2.15. The minimum Gasteiger partial charge on any atom is -0.377 e. The molecule has 0 unspecified atom stereocenters. The van der Waals surface area contributed by atoms with Gasteiger partial charge in [-0.05, 0) is 38.0 Å². The summed E-state index contributed by atoms with van der Waals surface area (Å²) in [7, 11) is 1.67. The van der Waals surface area contributed by atoms with Gasteiger partial charge in [-0.15, -0.1) is 0 Å². The van der Waals surface area contributed by atoms with Crippen LogP contribution in [0.1, 0.15) is 26.3 Å². The number of aryl methyl sites for hydroxylation is 1. The Balaban J connectivity index is 2.63. The Morgan fingerprint density at radius 2 is 2.17 bits per heavy atom. The van der Waals surface area contributed by atoms with E-state index >= 15 is 0 Å². The summed E-state index contributed by atoms with van der Waals surface area (Å²) in [4.78, 5) is 4.28. The number of benzene rings is 1. The van der Waals surface area contributed by atoms with Crippen molar-refractivity contribution in [2.75, 3.05) is 19.0 Å². The van der Waals surface area contributed by atoms with Crippen molar-refractivity contribution in [2.24, 2.45) is 10.7 Å². The lowest BCUT2D eigenvalue weighted by Gasteiger charge is -2.20. The largest absolute Gasteiger partial charge is 0.377 e. The first-order chi connectivity index (χ1) is 8.46. The number of rotatable bonds is 5. The number of guanidine groups is 1. The summed E-state index contributed by atoms with van der Waals surface area (Å²) < 4.78 is 5.28. The van der Waals surface area contributed by atoms with E-state index in [2.05, 4.69) is 29.4 Å². The van der Waals surface area contributed by atoms with Crippen LogP contribution in [0.25, 0.3) is 0 Å². The van der Waals surface area contributed by atoms with Crippen molar-refractivity contribution >= 4 is 11.6 Å². The second-order valence-corrected chi connectivity index (χ2v) is 4.84. The second-order valence-electron chi connectivity index (χ2n) is 4.84. The van der Waals surface area contributed by atoms with E-state index in [4.69, 9.17) is 10.5 Å². The maximum Gasteiger partial charge on any atom is 0.193 e. The predicted octanol–water partition coefficient (Wildman–Crippen LogP) is 2.40. The van der Waals surface area contributed by atoms with Crippen molar-refractivity contribution < 1.29 is 4.74 Å². The number of hydrogen-bond donors (Lipinski definition) is 2. The molecule has 0 amide bonds. The van der Waals surface area contributed by atoms with Crippen LogP contribution in [-0.2, 0) is 11.2 Å². The lowest BCUT2D eigenvalue weighted by atomic mass is 10.1. The van der Waals surface area contributed by atoms with Crippen LogP contribution in [0.5, 0.6) is 0 Å². The van der Waals surface area contributed by atoms with Gasteiger partial charge in [-0.2, -0.15) is 0 Å². The Hall–Kier alpha value is -1.55. The number of anilines is 1. The maximum atomic E-state index is 5.84. The van der Waals surface area contributed by atoms with Crippen molar-refractivity contribution in [3.05, 3.63) is 29.8 Å². The summed E-state index contributed by atoms with van der Waals surface area (Å²) >= 11 is 0. The topological polar surface area (TPSA) is 59.6 Å². The molecule has 0 radical (unpaired) electrons. The van der Waals surface area contributed by atoms with Gasteiger partial charge in [0.2, 0.25) is 0 Å². The van der Waals surface area contributed by atoms with Crippen LogP contribution in [0.3, 0.4) is 0 Å². The third-order valence-corrected chi connectivity index (χ3v) is 2.79. The number of hydrogen-bond acceptors (Lipinski definition) is 2. The molecule has 0 spiro atoms. The molecule has 100 valence electrons. The molecular formula is C14H23N3O. The summed E-state index contributed by atoms with van der Waals surface area (Å²) in [6.07, 6.45) is 1.00. The number of ether oxygens (including phenoxy) is 1. The van der Waals surface area contributed by atoms with Crippen molar-refractivity contribution in [1.82, 2.24) is 0 Å². The second kappa shape index (κ2) is 6.40. The molecular weight excluding hydrogens is 226 g/mol. The monoisotopic (exact) mass is 249 g/mol. The highest BCUT2D eigenvalue weighted by atomic mass is 16.5. The zero-order valence-electron chi connectivity index (χ0n) is 11.7. The van der Waals surface area contributed by atoms with Gasteiger partial charge in [0.25, 0.3) is 0 Å². The third-order valence-electron chi connectivity index (χ3n) is 2.79. The average Bonchev–Trinajstić information content (AvgIpc) is 2.37. The van der Waals surface area contributed by atoms with Gasteiger partial charge >= 0.3 is 0 Å². The number of methoxy groups -OCH3 is 1. The highest BCUT2D eigenvalue weighted by molar-refractivity contribution is 5.92. The van der Waals surface area contributed by atoms with E-state index in [1.54, 1.807) is 7.11 Å². The third kappa shape index (κ3) is 4.75. The van der Waals surface area contributed by atoms with Gasteiger partial charge < -0.3 is 15.8 Å². The van der Waals surface area contributed by atoms with Crippen molar-refractivity contribution in [3.63, 3.8) is 0 Å². The first kappa shape index (κ1) is 14.5. The molecule has 0 aliphatic carbocycles. The standard InChI is InChI=1S/C14H23N3O/c1-5-11-7-6-8-12(9-11)17-13(15)16-10-14(2,3)18-4/h6-9H,5,10H2,1-4H3,(H3,15,16,17). The van der Waals surface area contributed by atoms with Crippen molar-refractivity contribution in [3.8, 4) is 0 Å². The number of nitrogens with one attached hydrogen (secondary N) is 1. The van der Waals surface area contributed by atoms with Gasteiger partial charge in [0.05, 0.1) is 12.1 Å². The Labute approximate surface area is 109 Å². The van der Waals surface area contributed by atoms with Gasteiger partial charge in [0, 0.05) is 12.8 Å². The van der Waals surface area contributed by atoms with Gasteiger partial charge in [-0.3, -0.25) is 4.99 Å². The van der Waals surface area contributed by atoms with Crippen LogP contribution < -0.4 is 11.1 Å². The van der Waals surface area contributed by atoms with Crippen molar-refractivity contribution in [2.45, 2.75) is 32.8 Å². The van der Waals surface area contributed by atoms with E-state index in [0.29, 0.717) is 12.5 Å². The summed E-state index contributed by atoms with van der Waals surface area (Å²) in [5.74, 6) is 0.411. The Kier molecular flexibility index (Phi) is 5.16. The zero-order chi connectivity index (χ0) is 13.6. The molecule has 0 aromatic heterocycles. The fourth-order valence-corrected chi connectivity index (χ4v) is 1.40. The van der Waals surface area contributed by atoms with Crippen LogP contribution in [0.15, 0.2) is 29.3 Å². The summed E-state index contributed by atoms with van der Waals surface area (Å²) in [6.45, 7) is 6.59. The zero-order valence-corrected chi connectivity index (χ0v) is 11.7. The Morgan fingerprint density at radius 1 is 1.44 bits per heavy atom. The minimum atomic E-state index is -0.294. The summed E-state index contributed by atoms with van der Waals surface area (Å²) in [5, 5.41) is 3.09. The predicted molar refractivity (Wildman–Crippen MR) is 77.0 cm³/mol. The van der Waals surface area contributed by atoms with E-state index in [0.717, 1.165) is 12.1 Å². The SMILES string of the molecule is CCc1cccc(NC(N)=NCC(C)(C)OC)c1. The van der Waals surface area contributed by atoms with Gasteiger partial charge in [0.15, 0.2) is 5.96 Å². The molecule has 0 fully saturated rings. The Bertz CT molecular complexity index is 413. The van der Waals surface area contributed by atoms with Crippen LogP contribution in [0.2, 0.25) is 0 Å². The first-order valence-corrected chi connectivity index (χ1v) is 6.18. The molecule has 4 heteroatoms.